The van der Waals surface area contributed by atoms with Crippen molar-refractivity contribution < 1.29 is 55.2 Å². The van der Waals surface area contributed by atoms with E-state index in [1.54, 1.807) is 13.8 Å². The summed E-state index contributed by atoms with van der Waals surface area (Å²) >= 11 is 0. The SMILES string of the molecule is C=C(C(=O)OC)C(C)O.CC(C)c1cc(C(C)C)c(S(=O)(=O)Cl)c(C(C)C)c1.CCCCCNc1nc(N)nc(C)c1Cc1ccc(CC#N)cc1.COC(=O)C(Cc1ccc(CC#N)cc1)C(C)=O.Cc1nc(N)[nH]c(=O)c1Cc1ccc(CC#N)cc1.Cc1nc(N)[nH]c(=O)c1Cc1ccc(CC#N)cc1.N#CCc1cc[c-]cc1.N=C(N)N.O=COO.[Be+2].[H-].[HH]. The van der Waals surface area contributed by atoms with Crippen molar-refractivity contribution in [2.75, 3.05) is 43.3 Å². The fraction of sp³-hybridized carbons (Fsp3) is 0.348. The number of ketones is 1. The summed E-state index contributed by atoms with van der Waals surface area (Å²) in [5.74, 6) is -0.350. The number of Topliss-reactive ketones (excluding diaryl/α,β-unsaturated/α-hetero) is 1. The quantitative estimate of drug-likeness (QED) is 0.00182. The van der Waals surface area contributed by atoms with Gasteiger partial charge in [0, 0.05) is 66.7 Å². The first-order valence-electron chi connectivity index (χ1n) is 39.3. The molecule has 31 nitrogen and oxygen atoms in total. The molecule has 668 valence electrons. The molecule has 0 saturated carbocycles. The van der Waals surface area contributed by atoms with Crippen LogP contribution in [0.1, 0.15) is 203 Å². The first-order chi connectivity index (χ1) is 59.1. The van der Waals surface area contributed by atoms with Crippen LogP contribution in [0.4, 0.5) is 23.7 Å². The standard InChI is InChI=1S/C19H25N5.C15H23ClO2S.2C14H14N4O.C14H15NO3.C8H6N.C6H10O3.CH5N3.CH2O3.Be.H2.H/c1-3-4-5-12-22-18-17(14(2)23-19(21)24-18)13-16-8-6-15(7-9-16)10-11-20;1-9(2)12-7-13(10(3)4)15(19(16,17)18)14(8-12)11(5)6;2*1-9-12(13(19)18-14(16)17-9)8-11-4-2-10(3-5-11)6-7-15;1-10(16)13(14(17)18-2)9-12-5-3-11(4-6-12)7-8-15;9-7-6-8-4-2-1-3-5-8;1-4(5(2)7)6(8)9-3;2-1(3)4;2-1-4-3;;;/h6-9H,3-5,10,12-13H2,1-2H3,(H3,21,22,23,24);7-11H,1-6H3;2*2-5H,6,8H2,1H3,(H3,16,17,18,19);3-6,13H,7,9H2,1-2H3;2-5H,6H2;5,7H,1H2,2-3H3;(H5,2,3,4);1,3H;;1H;/q;;;;;-1;;;;+2;;-1. The minimum absolute atomic E-state index is 0. The fourth-order valence-corrected chi connectivity index (χ4v) is 12.9. The Morgan fingerprint density at radius 2 is 0.952 bits per heavy atom. The number of nitrogen functional groups attached to an aromatic ring is 3. The van der Waals surface area contributed by atoms with Crippen LogP contribution in [0.2, 0.25) is 0 Å². The molecule has 0 spiro atoms. The third-order valence-corrected chi connectivity index (χ3v) is 19.4. The van der Waals surface area contributed by atoms with Crippen LogP contribution >= 0.6 is 10.7 Å². The van der Waals surface area contributed by atoms with E-state index in [0.717, 1.165) is 97.7 Å². The van der Waals surface area contributed by atoms with Crippen LogP contribution < -0.4 is 45.1 Å². The Bertz CT molecular complexity index is 5270. The maximum absolute atomic E-state index is 11.9. The number of aryl methyl sites for hydroxylation is 3. The number of H-pyrrole nitrogens is 2. The summed E-state index contributed by atoms with van der Waals surface area (Å²) in [6.45, 7) is 26.8. The number of carbonyl (C=O) groups is 4. The number of aliphatic hydroxyl groups excluding tert-OH is 1. The number of rotatable bonds is 27. The second-order valence-corrected chi connectivity index (χ2v) is 31.2. The van der Waals surface area contributed by atoms with Gasteiger partial charge in [-0.1, -0.05) is 177 Å². The number of esters is 2. The summed E-state index contributed by atoms with van der Waals surface area (Å²) in [5.41, 5.74) is 41.7. The molecule has 0 aliphatic rings. The maximum atomic E-state index is 11.9. The zero-order valence-electron chi connectivity index (χ0n) is 74.9. The summed E-state index contributed by atoms with van der Waals surface area (Å²) in [6, 6.07) is 55.4. The molecule has 0 fully saturated rings. The second-order valence-electron chi connectivity index (χ2n) is 28.7. The number of nitrogens with zero attached hydrogens (tertiary/aromatic N) is 9. The van der Waals surface area contributed by atoms with Crippen LogP contribution in [-0.4, -0.2) is 116 Å². The summed E-state index contributed by atoms with van der Waals surface area (Å²) in [6.07, 6.45) is 6.83. The molecule has 0 radical (unpaired) electrons. The van der Waals surface area contributed by atoms with E-state index in [4.69, 9.17) is 74.8 Å². The molecule has 16 N–H and O–H groups in total. The van der Waals surface area contributed by atoms with E-state index in [1.165, 1.54) is 46.5 Å². The van der Waals surface area contributed by atoms with Gasteiger partial charge in [-0.15, -0.1) is 5.56 Å². The van der Waals surface area contributed by atoms with Crippen molar-refractivity contribution in [2.45, 2.75) is 189 Å². The van der Waals surface area contributed by atoms with E-state index in [2.05, 4.69) is 137 Å². The van der Waals surface area contributed by atoms with Gasteiger partial charge in [0.05, 0.1) is 98.2 Å². The maximum Gasteiger partial charge on any atom is 2.00 e. The van der Waals surface area contributed by atoms with Gasteiger partial charge in [0.2, 0.25) is 17.8 Å². The normalized spacial score (nSPS) is 10.4. The predicted molar refractivity (Wildman–Crippen MR) is 493 cm³/mol. The fourth-order valence-electron chi connectivity index (χ4n) is 11.2. The molecule has 34 heteroatoms. The largest absolute Gasteiger partial charge is 2.00 e. The predicted octanol–water partition coefficient (Wildman–Crippen LogP) is 13.0. The van der Waals surface area contributed by atoms with Crippen molar-refractivity contribution >= 4 is 83.7 Å². The minimum Gasteiger partial charge on any atom is -1.00 e. The van der Waals surface area contributed by atoms with Gasteiger partial charge in [-0.05, 0) is 126 Å². The van der Waals surface area contributed by atoms with Crippen molar-refractivity contribution in [1.29, 1.82) is 31.7 Å². The Labute approximate surface area is 749 Å². The summed E-state index contributed by atoms with van der Waals surface area (Å²) in [4.78, 5) is 90.6. The van der Waals surface area contributed by atoms with Crippen LogP contribution in [-0.2, 0) is 100 Å². The molecule has 0 bridgehead atoms. The van der Waals surface area contributed by atoms with Crippen LogP contribution in [0.3, 0.4) is 0 Å². The van der Waals surface area contributed by atoms with Crippen molar-refractivity contribution in [3.63, 3.8) is 0 Å². The molecular weight excluding hydrogens is 1640 g/mol. The average molecular weight is 1760 g/mol. The molecule has 126 heavy (non-hydrogen) atoms. The number of guanidine groups is 1. The summed E-state index contributed by atoms with van der Waals surface area (Å²) in [5, 5.41) is 68.0. The number of nitrogens with one attached hydrogen (secondary N) is 4. The Morgan fingerprint density at radius 3 is 1.24 bits per heavy atom. The molecule has 0 aliphatic heterocycles. The number of carbonyl (C=O) groups excluding carboxylic acids is 4. The molecule has 2 atom stereocenters. The third kappa shape index (κ3) is 43.3. The monoisotopic (exact) mass is 1760 g/mol. The Hall–Kier alpha value is -13.8. The number of halogens is 1. The molecule has 0 amide bonds. The smallest absolute Gasteiger partial charge is 1.00 e. The zero-order valence-corrected chi connectivity index (χ0v) is 75.4. The number of methoxy groups -OCH3 is 2. The van der Waals surface area contributed by atoms with E-state index < -0.39 is 33.0 Å². The number of nitrogens with two attached hydrogens (primary N) is 5. The number of nitriles is 5. The molecule has 9 aromatic rings. The van der Waals surface area contributed by atoms with E-state index in [0.29, 0.717) is 90.6 Å². The van der Waals surface area contributed by atoms with Gasteiger partial charge >= 0.3 is 28.5 Å². The van der Waals surface area contributed by atoms with Crippen LogP contribution in [0, 0.1) is 94.8 Å². The van der Waals surface area contributed by atoms with Gasteiger partial charge in [0.1, 0.15) is 17.5 Å². The van der Waals surface area contributed by atoms with Crippen molar-refractivity contribution in [3.8, 4) is 30.3 Å². The van der Waals surface area contributed by atoms with E-state index in [-0.39, 0.29) is 71.6 Å². The number of anilines is 4. The molecule has 0 aliphatic carbocycles. The van der Waals surface area contributed by atoms with Crippen molar-refractivity contribution in [3.05, 3.63) is 273 Å². The molecular formula is C92H117BeClN18O13S. The molecule has 9 rings (SSSR count). The number of ether oxygens (including phenoxy) is 2. The van der Waals surface area contributed by atoms with Gasteiger partial charge < -0.3 is 54.9 Å². The van der Waals surface area contributed by atoms with Crippen LogP contribution in [0.5, 0.6) is 0 Å². The van der Waals surface area contributed by atoms with Crippen LogP contribution in [0.25, 0.3) is 0 Å². The molecule has 3 aromatic heterocycles. The van der Waals surface area contributed by atoms with Crippen LogP contribution in [0.15, 0.2) is 160 Å². The van der Waals surface area contributed by atoms with Gasteiger partial charge in [0.15, 0.2) is 5.96 Å². The number of aromatic amines is 2. The number of hydrogen-bond acceptors (Lipinski definition) is 27. The average Bonchev–Trinajstić information content (AvgIpc) is 0.773. The molecule has 0 saturated heterocycles. The number of hydrogen-bond donors (Lipinski definition) is 11. The summed E-state index contributed by atoms with van der Waals surface area (Å²) in [7, 11) is 4.45. The van der Waals surface area contributed by atoms with E-state index in [9.17, 15) is 32.4 Å². The van der Waals surface area contributed by atoms with Gasteiger partial charge in [-0.25, -0.2) is 33.4 Å². The van der Waals surface area contributed by atoms with Gasteiger partial charge in [-0.2, -0.15) is 61.6 Å². The van der Waals surface area contributed by atoms with E-state index in [1.807, 2.05) is 156 Å². The third-order valence-electron chi connectivity index (χ3n) is 18.0. The zero-order chi connectivity index (χ0) is 94.5. The Balaban J connectivity index is -0.00000142. The number of aliphatic hydroxyl groups is 1. The second kappa shape index (κ2) is 60.7. The summed E-state index contributed by atoms with van der Waals surface area (Å²) < 4.78 is 32.7. The molecule has 3 heterocycles. The first kappa shape index (κ1) is 112. The minimum atomic E-state index is -3.72. The molecule has 2 unspecified atom stereocenters. The first-order valence-corrected chi connectivity index (χ1v) is 41.6. The Morgan fingerprint density at radius 1 is 0.611 bits per heavy atom. The van der Waals surface area contributed by atoms with Gasteiger partial charge in [-0.3, -0.25) is 39.3 Å². The van der Waals surface area contributed by atoms with E-state index >= 15 is 0 Å². The van der Waals surface area contributed by atoms with Crippen molar-refractivity contribution in [2.24, 2.45) is 17.4 Å². The number of unbranched alkanes of at least 4 members (excludes halogenated alkanes) is 2. The topological polar surface area (TPSA) is 573 Å². The number of benzene rings is 6. The number of aromatic nitrogens is 6. The van der Waals surface area contributed by atoms with Gasteiger partial charge in [0.25, 0.3) is 20.2 Å². The van der Waals surface area contributed by atoms with Crippen molar-refractivity contribution in [1.82, 2.24) is 29.9 Å². The Kier molecular flexibility index (Phi) is 54.1. The molecule has 6 aromatic carbocycles.